The summed E-state index contributed by atoms with van der Waals surface area (Å²) in [5.41, 5.74) is 2.10. The Labute approximate surface area is 246 Å². The van der Waals surface area contributed by atoms with Crippen LogP contribution in [-0.2, 0) is 27.2 Å². The van der Waals surface area contributed by atoms with Crippen molar-refractivity contribution in [1.82, 2.24) is 15.5 Å². The highest BCUT2D eigenvalue weighted by atomic mass is 16.5. The summed E-state index contributed by atoms with van der Waals surface area (Å²) in [5.74, 6) is 0.970. The maximum absolute atomic E-state index is 13.6. The predicted octanol–water partition coefficient (Wildman–Crippen LogP) is 4.58. The van der Waals surface area contributed by atoms with Gasteiger partial charge in [0.1, 0.15) is 24.1 Å². The number of aryl methyl sites for hydroxylation is 1. The minimum absolute atomic E-state index is 0.0529. The number of carbonyl (C=O) groups excluding carboxylic acids is 3. The number of unbranched alkanes of at least 4 members (excludes halogenated alkanes) is 1. The smallest absolute Gasteiger partial charge is 0.243 e. The molecule has 4 atom stereocenters. The van der Waals surface area contributed by atoms with Crippen LogP contribution in [0.1, 0.15) is 65.0 Å². The topological polar surface area (TPSA) is 97.0 Å². The van der Waals surface area contributed by atoms with Crippen LogP contribution in [-0.4, -0.2) is 67.9 Å². The van der Waals surface area contributed by atoms with Crippen LogP contribution < -0.4 is 20.1 Å². The van der Waals surface area contributed by atoms with Crippen molar-refractivity contribution < 1.29 is 23.9 Å². The van der Waals surface area contributed by atoms with Gasteiger partial charge >= 0.3 is 0 Å². The van der Waals surface area contributed by atoms with Crippen LogP contribution in [0.2, 0.25) is 0 Å². The molecule has 0 aliphatic carbocycles. The second-order valence-corrected chi connectivity index (χ2v) is 10.7. The lowest BCUT2D eigenvalue weighted by atomic mass is 9.97. The van der Waals surface area contributed by atoms with Gasteiger partial charge < -0.3 is 25.0 Å². The summed E-state index contributed by atoms with van der Waals surface area (Å²) in [4.78, 5) is 40.5. The van der Waals surface area contributed by atoms with E-state index in [2.05, 4.69) is 23.6 Å². The average Bonchev–Trinajstić information content (AvgIpc) is 2.98. The number of hydrogen-bond donors (Lipinski definition) is 2. The monoisotopic (exact) mass is 567 g/mol. The fourth-order valence-corrected chi connectivity index (χ4v) is 4.53. The Morgan fingerprint density at radius 1 is 1.00 bits per heavy atom. The lowest BCUT2D eigenvalue weighted by Crippen LogP contribution is -2.56. The number of benzene rings is 2. The maximum Gasteiger partial charge on any atom is 0.243 e. The number of carbonyl (C=O) groups is 3. The Hall–Kier alpha value is -3.39. The zero-order valence-corrected chi connectivity index (χ0v) is 25.9. The van der Waals surface area contributed by atoms with Crippen LogP contribution >= 0.6 is 0 Å². The molecule has 2 aromatic rings. The molecule has 0 aromatic heterocycles. The molecule has 2 aromatic carbocycles. The van der Waals surface area contributed by atoms with Crippen LogP contribution in [0.15, 0.2) is 48.5 Å². The molecule has 0 heterocycles. The van der Waals surface area contributed by atoms with Crippen molar-refractivity contribution in [2.24, 2.45) is 5.92 Å². The second-order valence-electron chi connectivity index (χ2n) is 10.7. The predicted molar refractivity (Wildman–Crippen MR) is 163 cm³/mol. The number of Topliss-reactive ketones (excluding diaryl/α,β-unsaturated/α-hetero) is 1. The number of likely N-dealkylation sites (N-methyl/N-ethyl adjacent to an activating group) is 1. The fourth-order valence-electron chi connectivity index (χ4n) is 4.53. The minimum atomic E-state index is -0.754. The Morgan fingerprint density at radius 2 is 1.68 bits per heavy atom. The van der Waals surface area contributed by atoms with E-state index in [-0.39, 0.29) is 23.5 Å². The van der Waals surface area contributed by atoms with Crippen LogP contribution in [0.5, 0.6) is 11.5 Å². The van der Waals surface area contributed by atoms with E-state index in [1.54, 1.807) is 21.1 Å². The summed E-state index contributed by atoms with van der Waals surface area (Å²) in [6, 6.07) is 13.5. The first kappa shape index (κ1) is 33.8. The summed E-state index contributed by atoms with van der Waals surface area (Å²) in [7, 11) is 3.23. The fraction of sp³-hybridized carbons (Fsp3) is 0.545. The van der Waals surface area contributed by atoms with E-state index < -0.39 is 18.1 Å². The molecule has 0 radical (unpaired) electrons. The first-order valence-corrected chi connectivity index (χ1v) is 14.8. The molecule has 226 valence electrons. The highest BCUT2D eigenvalue weighted by Gasteiger charge is 2.32. The molecule has 0 aliphatic heterocycles. The molecule has 0 bridgehead atoms. The molecule has 8 nitrogen and oxygen atoms in total. The first-order valence-electron chi connectivity index (χ1n) is 14.8. The molecule has 0 aliphatic rings. The van der Waals surface area contributed by atoms with E-state index in [1.165, 1.54) is 17.4 Å². The number of nitrogens with zero attached hydrogens (tertiary/aromatic N) is 1. The van der Waals surface area contributed by atoms with Gasteiger partial charge in [-0.1, -0.05) is 63.9 Å². The van der Waals surface area contributed by atoms with E-state index in [0.717, 1.165) is 42.7 Å². The number of para-hydroxylation sites is 1. The molecule has 0 fully saturated rings. The largest absolute Gasteiger partial charge is 0.497 e. The average molecular weight is 568 g/mol. The standard InChI is InChI=1S/C33H49N3O5/c1-8-10-13-27-14-11-12-15-30(27)41-21-20-34-31(23(3)9-2)33(39)36(6)24(4)32(38)35-29(25(5)37)22-26-16-18-28(40-7)19-17-26/h11-12,14-19,23-24,29,31,34H,8-10,13,20-22H2,1-7H3,(H,35,38)/t23?,24-,29-,31+/m1/s1. The Balaban J connectivity index is 1.99. The maximum atomic E-state index is 13.6. The number of hydrogen-bond acceptors (Lipinski definition) is 6. The third kappa shape index (κ3) is 10.5. The quantitative estimate of drug-likeness (QED) is 0.256. The van der Waals surface area contributed by atoms with E-state index in [4.69, 9.17) is 9.47 Å². The van der Waals surface area contributed by atoms with Gasteiger partial charge in [-0.25, -0.2) is 0 Å². The third-order valence-corrected chi connectivity index (χ3v) is 7.69. The van der Waals surface area contributed by atoms with Gasteiger partial charge in [0.25, 0.3) is 0 Å². The molecular weight excluding hydrogens is 518 g/mol. The SMILES string of the molecule is CCCCc1ccccc1OCCN[C@H](C(=O)N(C)[C@H](C)C(=O)N[C@H](Cc1ccc(OC)cc1)C(C)=O)C(C)CC. The van der Waals surface area contributed by atoms with Crippen molar-refractivity contribution in [2.75, 3.05) is 27.3 Å². The molecule has 41 heavy (non-hydrogen) atoms. The van der Waals surface area contributed by atoms with E-state index in [0.29, 0.717) is 19.6 Å². The Kier molecular flexibility index (Phi) is 14.4. The molecule has 0 spiro atoms. The molecule has 2 amide bonds. The van der Waals surface area contributed by atoms with Crippen LogP contribution in [0, 0.1) is 5.92 Å². The highest BCUT2D eigenvalue weighted by molar-refractivity contribution is 5.93. The van der Waals surface area contributed by atoms with Crippen molar-refractivity contribution >= 4 is 17.6 Å². The van der Waals surface area contributed by atoms with E-state index >= 15 is 0 Å². The summed E-state index contributed by atoms with van der Waals surface area (Å²) in [6.07, 6.45) is 4.36. The molecule has 8 heteroatoms. The van der Waals surface area contributed by atoms with Crippen molar-refractivity contribution in [1.29, 1.82) is 0 Å². The van der Waals surface area contributed by atoms with Crippen LogP contribution in [0.25, 0.3) is 0 Å². The summed E-state index contributed by atoms with van der Waals surface area (Å²) in [6.45, 7) is 10.3. The second kappa shape index (κ2) is 17.4. The van der Waals surface area contributed by atoms with Gasteiger partial charge in [0.15, 0.2) is 5.78 Å². The summed E-state index contributed by atoms with van der Waals surface area (Å²) >= 11 is 0. The summed E-state index contributed by atoms with van der Waals surface area (Å²) < 4.78 is 11.3. The number of amides is 2. The lowest BCUT2D eigenvalue weighted by Gasteiger charge is -2.32. The lowest BCUT2D eigenvalue weighted by molar-refractivity contribution is -0.141. The van der Waals surface area contributed by atoms with Crippen LogP contribution in [0.3, 0.4) is 0 Å². The zero-order valence-electron chi connectivity index (χ0n) is 25.9. The van der Waals surface area contributed by atoms with Crippen molar-refractivity contribution in [3.05, 3.63) is 59.7 Å². The van der Waals surface area contributed by atoms with Crippen LogP contribution in [0.4, 0.5) is 0 Å². The van der Waals surface area contributed by atoms with Gasteiger partial charge in [0, 0.05) is 13.6 Å². The first-order chi connectivity index (χ1) is 19.6. The van der Waals surface area contributed by atoms with Crippen molar-refractivity contribution in [2.45, 2.75) is 84.8 Å². The zero-order chi connectivity index (χ0) is 30.4. The Morgan fingerprint density at radius 3 is 2.29 bits per heavy atom. The minimum Gasteiger partial charge on any atom is -0.497 e. The number of rotatable bonds is 18. The molecule has 0 saturated carbocycles. The molecular formula is C33H49N3O5. The van der Waals surface area contributed by atoms with Gasteiger partial charge in [0.2, 0.25) is 11.8 Å². The molecule has 0 saturated heterocycles. The number of methoxy groups -OCH3 is 1. The number of ether oxygens (including phenoxy) is 2. The summed E-state index contributed by atoms with van der Waals surface area (Å²) in [5, 5.41) is 6.21. The molecule has 1 unspecified atom stereocenters. The van der Waals surface area contributed by atoms with Gasteiger partial charge in [0.05, 0.1) is 19.2 Å². The molecule has 2 N–H and O–H groups in total. The van der Waals surface area contributed by atoms with Crippen molar-refractivity contribution in [3.8, 4) is 11.5 Å². The van der Waals surface area contributed by atoms with E-state index in [1.807, 2.05) is 56.3 Å². The van der Waals surface area contributed by atoms with Crippen molar-refractivity contribution in [3.63, 3.8) is 0 Å². The molecule has 2 rings (SSSR count). The number of ketones is 1. The van der Waals surface area contributed by atoms with E-state index in [9.17, 15) is 14.4 Å². The number of nitrogens with one attached hydrogen (secondary N) is 2. The van der Waals surface area contributed by atoms with Gasteiger partial charge in [-0.15, -0.1) is 0 Å². The van der Waals surface area contributed by atoms with Gasteiger partial charge in [-0.3, -0.25) is 14.4 Å². The third-order valence-electron chi connectivity index (χ3n) is 7.69. The Bertz CT molecular complexity index is 1100. The van der Waals surface area contributed by atoms with Gasteiger partial charge in [-0.05, 0) is 68.4 Å². The van der Waals surface area contributed by atoms with Gasteiger partial charge in [-0.2, -0.15) is 0 Å². The normalized spacial score (nSPS) is 13.9. The highest BCUT2D eigenvalue weighted by Crippen LogP contribution is 2.20.